The molecule has 132 valence electrons. The lowest BCUT2D eigenvalue weighted by Crippen LogP contribution is -2.35. The van der Waals surface area contributed by atoms with Crippen LogP contribution in [0, 0.1) is 0 Å². The zero-order chi connectivity index (χ0) is 17.8. The zero-order valence-corrected chi connectivity index (χ0v) is 14.9. The van der Waals surface area contributed by atoms with E-state index in [1.807, 2.05) is 36.4 Å². The summed E-state index contributed by atoms with van der Waals surface area (Å²) in [6.07, 6.45) is 1.66. The van der Waals surface area contributed by atoms with Crippen molar-refractivity contribution in [3.8, 4) is 0 Å². The van der Waals surface area contributed by atoms with Crippen molar-refractivity contribution >= 4 is 39.4 Å². The molecule has 0 saturated carbocycles. The van der Waals surface area contributed by atoms with Gasteiger partial charge in [0, 0.05) is 23.4 Å². The van der Waals surface area contributed by atoms with Gasteiger partial charge < -0.3 is 9.64 Å². The molecule has 7 heteroatoms. The molecule has 6 nitrogen and oxygen atoms in total. The van der Waals surface area contributed by atoms with Gasteiger partial charge in [-0.25, -0.2) is 10.4 Å². The number of morpholine rings is 1. The van der Waals surface area contributed by atoms with E-state index in [0.717, 1.165) is 42.1 Å². The molecule has 3 aromatic rings. The quantitative estimate of drug-likeness (QED) is 0.570. The number of para-hydroxylation sites is 1. The van der Waals surface area contributed by atoms with Crippen LogP contribution in [0.4, 0.5) is 5.00 Å². The molecule has 1 aliphatic rings. The minimum absolute atomic E-state index is 0.322. The Bertz CT molecular complexity index is 947. The normalized spacial score (nSPS) is 14.8. The first-order valence-corrected chi connectivity index (χ1v) is 9.23. The van der Waals surface area contributed by atoms with Crippen molar-refractivity contribution < 1.29 is 9.53 Å². The number of benzene rings is 1. The summed E-state index contributed by atoms with van der Waals surface area (Å²) in [5.41, 5.74) is 3.68. The highest BCUT2D eigenvalue weighted by atomic mass is 32.1. The van der Waals surface area contributed by atoms with Gasteiger partial charge in [0.25, 0.3) is 5.91 Å². The van der Waals surface area contributed by atoms with E-state index < -0.39 is 0 Å². The highest BCUT2D eigenvalue weighted by Gasteiger charge is 2.13. The molecule has 4 rings (SSSR count). The Morgan fingerprint density at radius 1 is 1.15 bits per heavy atom. The Kier molecular flexibility index (Phi) is 4.90. The molecule has 1 aromatic carbocycles. The minimum atomic E-state index is -0.322. The van der Waals surface area contributed by atoms with E-state index in [9.17, 15) is 4.79 Å². The number of hydrogen-bond donors (Lipinski definition) is 1. The molecular formula is C19H18N4O2S. The zero-order valence-electron chi connectivity index (χ0n) is 14.1. The summed E-state index contributed by atoms with van der Waals surface area (Å²) in [5, 5.41) is 6.25. The van der Waals surface area contributed by atoms with Crippen molar-refractivity contribution in [1.29, 1.82) is 0 Å². The number of nitrogens with zero attached hydrogens (tertiary/aromatic N) is 3. The summed E-state index contributed by atoms with van der Waals surface area (Å²) >= 11 is 1.64. The summed E-state index contributed by atoms with van der Waals surface area (Å²) in [4.78, 5) is 19.9. The predicted octanol–water partition coefficient (Wildman–Crippen LogP) is 2.90. The third-order valence-corrected chi connectivity index (χ3v) is 5.20. The average molecular weight is 366 g/mol. The Hall–Kier alpha value is -2.77. The second kappa shape index (κ2) is 7.63. The van der Waals surface area contributed by atoms with E-state index in [-0.39, 0.29) is 5.91 Å². The first-order valence-electron chi connectivity index (χ1n) is 8.41. The van der Waals surface area contributed by atoms with E-state index >= 15 is 0 Å². The van der Waals surface area contributed by atoms with Gasteiger partial charge in [0.05, 0.1) is 29.9 Å². The van der Waals surface area contributed by atoms with Crippen LogP contribution >= 0.6 is 11.3 Å². The van der Waals surface area contributed by atoms with Crippen molar-refractivity contribution in [3.05, 3.63) is 59.1 Å². The lowest BCUT2D eigenvalue weighted by atomic mass is 10.2. The van der Waals surface area contributed by atoms with Crippen LogP contribution in [0.2, 0.25) is 0 Å². The predicted molar refractivity (Wildman–Crippen MR) is 104 cm³/mol. The molecule has 0 atom stereocenters. The molecule has 26 heavy (non-hydrogen) atoms. The number of ether oxygens (including phenoxy) is 1. The Morgan fingerprint density at radius 3 is 2.88 bits per heavy atom. The van der Waals surface area contributed by atoms with Crippen LogP contribution in [-0.2, 0) is 4.74 Å². The number of rotatable bonds is 4. The summed E-state index contributed by atoms with van der Waals surface area (Å²) in [6, 6.07) is 15.4. The molecule has 1 N–H and O–H groups in total. The van der Waals surface area contributed by atoms with Gasteiger partial charge >= 0.3 is 0 Å². The van der Waals surface area contributed by atoms with Crippen molar-refractivity contribution in [2.45, 2.75) is 0 Å². The Morgan fingerprint density at radius 2 is 2.00 bits per heavy atom. The monoisotopic (exact) mass is 366 g/mol. The van der Waals surface area contributed by atoms with E-state index in [1.54, 1.807) is 23.6 Å². The second-order valence-electron chi connectivity index (χ2n) is 5.86. The van der Waals surface area contributed by atoms with E-state index in [1.165, 1.54) is 5.00 Å². The fourth-order valence-electron chi connectivity index (χ4n) is 2.77. The molecule has 0 aliphatic carbocycles. The first-order chi connectivity index (χ1) is 12.8. The van der Waals surface area contributed by atoms with Gasteiger partial charge in [0.2, 0.25) is 0 Å². The smallest absolute Gasteiger partial charge is 0.289 e. The number of anilines is 1. The molecule has 1 amide bonds. The van der Waals surface area contributed by atoms with Crippen molar-refractivity contribution in [1.82, 2.24) is 10.4 Å². The van der Waals surface area contributed by atoms with Gasteiger partial charge in [-0.15, -0.1) is 11.3 Å². The number of pyridine rings is 1. The van der Waals surface area contributed by atoms with Crippen LogP contribution in [-0.4, -0.2) is 43.4 Å². The van der Waals surface area contributed by atoms with Crippen LogP contribution in [0.25, 0.3) is 10.9 Å². The molecule has 1 fully saturated rings. The number of aromatic nitrogens is 1. The van der Waals surface area contributed by atoms with Crippen LogP contribution in [0.3, 0.4) is 0 Å². The van der Waals surface area contributed by atoms with Crippen LogP contribution in [0.5, 0.6) is 0 Å². The van der Waals surface area contributed by atoms with Crippen molar-refractivity contribution in [2.75, 3.05) is 31.2 Å². The fraction of sp³-hybridized carbons (Fsp3) is 0.211. The molecule has 0 spiro atoms. The maximum atomic E-state index is 12.2. The van der Waals surface area contributed by atoms with Crippen LogP contribution in [0.15, 0.2) is 53.6 Å². The maximum Gasteiger partial charge on any atom is 0.289 e. The van der Waals surface area contributed by atoms with E-state index in [4.69, 9.17) is 4.74 Å². The van der Waals surface area contributed by atoms with Crippen molar-refractivity contribution in [3.63, 3.8) is 0 Å². The summed E-state index contributed by atoms with van der Waals surface area (Å²) in [7, 11) is 0. The molecule has 1 saturated heterocycles. The molecule has 0 bridgehead atoms. The molecule has 1 aliphatic heterocycles. The van der Waals surface area contributed by atoms with Gasteiger partial charge in [0.15, 0.2) is 0 Å². The van der Waals surface area contributed by atoms with Crippen LogP contribution in [0.1, 0.15) is 15.4 Å². The molecule has 0 radical (unpaired) electrons. The number of carbonyl (C=O) groups excluding carboxylic acids is 1. The van der Waals surface area contributed by atoms with Crippen LogP contribution < -0.4 is 10.3 Å². The van der Waals surface area contributed by atoms with Crippen molar-refractivity contribution in [2.24, 2.45) is 5.10 Å². The number of nitrogens with one attached hydrogen (secondary N) is 1. The van der Waals surface area contributed by atoms with Gasteiger partial charge in [0.1, 0.15) is 5.69 Å². The lowest BCUT2D eigenvalue weighted by molar-refractivity contribution is 0.0950. The summed E-state index contributed by atoms with van der Waals surface area (Å²) in [5.74, 6) is -0.322. The number of hydrazone groups is 1. The maximum absolute atomic E-state index is 12.2. The lowest BCUT2D eigenvalue weighted by Gasteiger charge is -2.27. The largest absolute Gasteiger partial charge is 0.378 e. The third-order valence-electron chi connectivity index (χ3n) is 4.12. The summed E-state index contributed by atoms with van der Waals surface area (Å²) < 4.78 is 5.37. The van der Waals surface area contributed by atoms with E-state index in [2.05, 4.69) is 26.5 Å². The standard InChI is InChI=1S/C19H18N4O2S/c24-19(17-7-5-14-3-1-2-4-16(14)21-17)22-20-13-15-6-8-18(26-15)23-9-11-25-12-10-23/h1-8,13H,9-12H2,(H,22,24)/b20-13+. The highest BCUT2D eigenvalue weighted by molar-refractivity contribution is 7.17. The SMILES string of the molecule is O=C(N/N=C/c1ccc(N2CCOCC2)s1)c1ccc2ccccc2n1. The highest BCUT2D eigenvalue weighted by Crippen LogP contribution is 2.25. The minimum Gasteiger partial charge on any atom is -0.378 e. The Balaban J connectivity index is 1.39. The third kappa shape index (κ3) is 3.74. The Labute approximate surface area is 155 Å². The number of carbonyl (C=O) groups is 1. The molecule has 3 heterocycles. The van der Waals surface area contributed by atoms with Gasteiger partial charge in [-0.3, -0.25) is 4.79 Å². The molecule has 0 unspecified atom stereocenters. The van der Waals surface area contributed by atoms with E-state index in [0.29, 0.717) is 5.69 Å². The second-order valence-corrected chi connectivity index (χ2v) is 6.96. The average Bonchev–Trinajstić information content (AvgIpc) is 3.17. The number of hydrogen-bond acceptors (Lipinski definition) is 6. The fourth-order valence-corrected chi connectivity index (χ4v) is 3.70. The summed E-state index contributed by atoms with van der Waals surface area (Å²) in [6.45, 7) is 3.33. The van der Waals surface area contributed by atoms with Gasteiger partial charge in [-0.2, -0.15) is 5.10 Å². The molecular weight excluding hydrogens is 348 g/mol. The number of thiophene rings is 1. The topological polar surface area (TPSA) is 66.8 Å². The number of amides is 1. The molecule has 2 aromatic heterocycles. The van der Waals surface area contributed by atoms with Gasteiger partial charge in [-0.05, 0) is 24.3 Å². The first kappa shape index (κ1) is 16.7. The van der Waals surface area contributed by atoms with Gasteiger partial charge in [-0.1, -0.05) is 24.3 Å². The number of fused-ring (bicyclic) bond motifs is 1.